The van der Waals surface area contributed by atoms with Crippen LogP contribution in [0.2, 0.25) is 0 Å². The molecule has 2 rings (SSSR count). The van der Waals surface area contributed by atoms with Crippen molar-refractivity contribution in [3.63, 3.8) is 0 Å². The van der Waals surface area contributed by atoms with E-state index in [1.807, 2.05) is 19.9 Å². The Hall–Kier alpha value is -3.72. The highest BCUT2D eigenvalue weighted by Gasteiger charge is 2.11. The molecule has 6 nitrogen and oxygen atoms in total. The number of anilines is 1. The highest BCUT2D eigenvalue weighted by molar-refractivity contribution is 6.09. The molecule has 0 saturated heterocycles. The number of ether oxygens (including phenoxy) is 3. The smallest absolute Gasteiger partial charge is 0.266 e. The fraction of sp³-hybridized carbons (Fsp3) is 0.217. The van der Waals surface area contributed by atoms with E-state index < -0.39 is 5.91 Å². The summed E-state index contributed by atoms with van der Waals surface area (Å²) in [5.41, 5.74) is 1.20. The number of nitrogens with one attached hydrogen (secondary N) is 1. The summed E-state index contributed by atoms with van der Waals surface area (Å²) in [6.07, 6.45) is 3.15. The van der Waals surface area contributed by atoms with Gasteiger partial charge in [-0.05, 0) is 61.9 Å². The lowest BCUT2D eigenvalue weighted by Crippen LogP contribution is -2.13. The van der Waals surface area contributed by atoms with Crippen molar-refractivity contribution in [2.24, 2.45) is 0 Å². The molecule has 0 aliphatic heterocycles. The standard InChI is InChI=1S/C23H24N2O4/c1-4-13-29-21-12-7-17(15-22(21)28-6-3)14-18(16-24)23(26)25-19-8-10-20(11-9-19)27-5-2/h4,7-12,14-15H,1,5-6,13H2,2-3H3,(H,25,26). The fourth-order valence-corrected chi connectivity index (χ4v) is 2.47. The SMILES string of the molecule is C=CCOc1ccc(C=C(C#N)C(=O)Nc2ccc(OCC)cc2)cc1OCC. The van der Waals surface area contributed by atoms with Crippen LogP contribution in [0, 0.1) is 11.3 Å². The number of nitriles is 1. The summed E-state index contributed by atoms with van der Waals surface area (Å²) in [4.78, 5) is 12.5. The van der Waals surface area contributed by atoms with Gasteiger partial charge in [-0.3, -0.25) is 4.79 Å². The molecule has 6 heteroatoms. The molecule has 2 aromatic rings. The summed E-state index contributed by atoms with van der Waals surface area (Å²) in [7, 11) is 0. The van der Waals surface area contributed by atoms with Crippen LogP contribution in [0.15, 0.2) is 60.7 Å². The van der Waals surface area contributed by atoms with Crippen molar-refractivity contribution in [3.8, 4) is 23.3 Å². The van der Waals surface area contributed by atoms with Crippen LogP contribution in [-0.2, 0) is 4.79 Å². The molecule has 1 amide bonds. The van der Waals surface area contributed by atoms with Gasteiger partial charge in [0, 0.05) is 5.69 Å². The van der Waals surface area contributed by atoms with E-state index in [9.17, 15) is 10.1 Å². The van der Waals surface area contributed by atoms with Gasteiger partial charge >= 0.3 is 0 Å². The Bertz CT molecular complexity index is 911. The Morgan fingerprint density at radius 2 is 1.79 bits per heavy atom. The molecular formula is C23H24N2O4. The van der Waals surface area contributed by atoms with E-state index in [1.54, 1.807) is 48.5 Å². The third kappa shape index (κ3) is 6.43. The maximum Gasteiger partial charge on any atom is 0.266 e. The molecule has 0 aliphatic carbocycles. The van der Waals surface area contributed by atoms with Gasteiger partial charge in [-0.1, -0.05) is 18.7 Å². The van der Waals surface area contributed by atoms with Crippen molar-refractivity contribution < 1.29 is 19.0 Å². The molecular weight excluding hydrogens is 368 g/mol. The molecule has 29 heavy (non-hydrogen) atoms. The summed E-state index contributed by atoms with van der Waals surface area (Å²) in [5.74, 6) is 1.32. The van der Waals surface area contributed by atoms with E-state index in [-0.39, 0.29) is 5.57 Å². The molecule has 0 heterocycles. The summed E-state index contributed by atoms with van der Waals surface area (Å²) in [5, 5.41) is 12.1. The van der Waals surface area contributed by atoms with Crippen molar-refractivity contribution in [1.29, 1.82) is 5.26 Å². The van der Waals surface area contributed by atoms with Gasteiger partial charge in [0.1, 0.15) is 24.0 Å². The number of carbonyl (C=O) groups is 1. The van der Waals surface area contributed by atoms with Crippen LogP contribution < -0.4 is 19.5 Å². The first-order valence-electron chi connectivity index (χ1n) is 9.27. The molecule has 0 radical (unpaired) electrons. The van der Waals surface area contributed by atoms with E-state index in [0.717, 1.165) is 0 Å². The van der Waals surface area contributed by atoms with Gasteiger partial charge in [0.25, 0.3) is 5.91 Å². The lowest BCUT2D eigenvalue weighted by molar-refractivity contribution is -0.112. The van der Waals surface area contributed by atoms with Crippen molar-refractivity contribution >= 4 is 17.7 Å². The molecule has 0 atom stereocenters. The second-order valence-electron chi connectivity index (χ2n) is 5.82. The number of hydrogen-bond acceptors (Lipinski definition) is 5. The van der Waals surface area contributed by atoms with Gasteiger partial charge in [-0.2, -0.15) is 5.26 Å². The zero-order valence-corrected chi connectivity index (χ0v) is 16.6. The predicted octanol–water partition coefficient (Wildman–Crippen LogP) is 4.59. The number of carbonyl (C=O) groups excluding carboxylic acids is 1. The normalized spacial score (nSPS) is 10.6. The van der Waals surface area contributed by atoms with Gasteiger partial charge < -0.3 is 19.5 Å². The van der Waals surface area contributed by atoms with E-state index in [1.165, 1.54) is 6.08 Å². The molecule has 0 bridgehead atoms. The Kier molecular flexibility index (Phi) is 8.33. The minimum Gasteiger partial charge on any atom is -0.494 e. The molecule has 0 fully saturated rings. The quantitative estimate of drug-likeness (QED) is 0.363. The second kappa shape index (κ2) is 11.2. The summed E-state index contributed by atoms with van der Waals surface area (Å²) in [6.45, 7) is 8.76. The average molecular weight is 392 g/mol. The molecule has 2 aromatic carbocycles. The van der Waals surface area contributed by atoms with Crippen LogP contribution in [-0.4, -0.2) is 25.7 Å². The zero-order chi connectivity index (χ0) is 21.1. The first-order chi connectivity index (χ1) is 14.1. The first kappa shape index (κ1) is 21.6. The van der Waals surface area contributed by atoms with Gasteiger partial charge in [0.2, 0.25) is 0 Å². The number of benzene rings is 2. The monoisotopic (exact) mass is 392 g/mol. The van der Waals surface area contributed by atoms with Gasteiger partial charge in [-0.15, -0.1) is 0 Å². The Morgan fingerprint density at radius 1 is 1.07 bits per heavy atom. The van der Waals surface area contributed by atoms with Crippen LogP contribution in [0.5, 0.6) is 17.2 Å². The Balaban J connectivity index is 2.19. The summed E-state index contributed by atoms with van der Waals surface area (Å²) in [6, 6.07) is 14.1. The number of hydrogen-bond donors (Lipinski definition) is 1. The third-order valence-electron chi connectivity index (χ3n) is 3.72. The van der Waals surface area contributed by atoms with Gasteiger partial charge in [0.05, 0.1) is 13.2 Å². The van der Waals surface area contributed by atoms with Crippen LogP contribution >= 0.6 is 0 Å². The molecule has 1 N–H and O–H groups in total. The largest absolute Gasteiger partial charge is 0.494 e. The molecule has 0 saturated carbocycles. The van der Waals surface area contributed by atoms with E-state index in [4.69, 9.17) is 14.2 Å². The van der Waals surface area contributed by atoms with E-state index in [2.05, 4.69) is 11.9 Å². The highest BCUT2D eigenvalue weighted by Crippen LogP contribution is 2.29. The van der Waals surface area contributed by atoms with Gasteiger partial charge in [0.15, 0.2) is 11.5 Å². The average Bonchev–Trinajstić information content (AvgIpc) is 2.73. The lowest BCUT2D eigenvalue weighted by atomic mass is 10.1. The predicted molar refractivity (Wildman–Crippen MR) is 113 cm³/mol. The van der Waals surface area contributed by atoms with Gasteiger partial charge in [-0.25, -0.2) is 0 Å². The minimum absolute atomic E-state index is 0.0268. The minimum atomic E-state index is -0.499. The number of amides is 1. The number of nitrogens with zero attached hydrogens (tertiary/aromatic N) is 1. The molecule has 0 spiro atoms. The van der Waals surface area contributed by atoms with Crippen LogP contribution in [0.4, 0.5) is 5.69 Å². The third-order valence-corrected chi connectivity index (χ3v) is 3.72. The van der Waals surface area contributed by atoms with Crippen molar-refractivity contribution in [2.45, 2.75) is 13.8 Å². The molecule has 150 valence electrons. The molecule has 0 aromatic heterocycles. The topological polar surface area (TPSA) is 80.6 Å². The maximum absolute atomic E-state index is 12.5. The fourth-order valence-electron chi connectivity index (χ4n) is 2.47. The lowest BCUT2D eigenvalue weighted by Gasteiger charge is -2.11. The van der Waals surface area contributed by atoms with E-state index >= 15 is 0 Å². The second-order valence-corrected chi connectivity index (χ2v) is 5.82. The molecule has 0 aliphatic rings. The summed E-state index contributed by atoms with van der Waals surface area (Å²) >= 11 is 0. The van der Waals surface area contributed by atoms with E-state index in [0.29, 0.717) is 48.3 Å². The zero-order valence-electron chi connectivity index (χ0n) is 16.6. The van der Waals surface area contributed by atoms with Crippen molar-refractivity contribution in [3.05, 3.63) is 66.3 Å². The highest BCUT2D eigenvalue weighted by atomic mass is 16.5. The van der Waals surface area contributed by atoms with Crippen molar-refractivity contribution in [1.82, 2.24) is 0 Å². The van der Waals surface area contributed by atoms with Crippen LogP contribution in [0.3, 0.4) is 0 Å². The maximum atomic E-state index is 12.5. The summed E-state index contributed by atoms with van der Waals surface area (Å²) < 4.78 is 16.5. The number of rotatable bonds is 10. The Labute approximate surface area is 171 Å². The Morgan fingerprint density at radius 3 is 2.41 bits per heavy atom. The van der Waals surface area contributed by atoms with Crippen molar-refractivity contribution in [2.75, 3.05) is 25.1 Å². The van der Waals surface area contributed by atoms with Crippen LogP contribution in [0.1, 0.15) is 19.4 Å². The first-order valence-corrected chi connectivity index (χ1v) is 9.27. The van der Waals surface area contributed by atoms with Crippen LogP contribution in [0.25, 0.3) is 6.08 Å². The molecule has 0 unspecified atom stereocenters.